The molecule has 2 heteroatoms. The molecule has 1 aliphatic heterocycles. The van der Waals surface area contributed by atoms with Crippen LogP contribution in [-0.2, 0) is 0 Å². The summed E-state index contributed by atoms with van der Waals surface area (Å²) in [5.41, 5.74) is 0. The first-order valence-electron chi connectivity index (χ1n) is 6.58. The second-order valence-electron chi connectivity index (χ2n) is 5.88. The highest BCUT2D eigenvalue weighted by Crippen LogP contribution is 2.36. The normalized spacial score (nSPS) is 35.8. The summed E-state index contributed by atoms with van der Waals surface area (Å²) in [6.07, 6.45) is 2.92. The van der Waals surface area contributed by atoms with Gasteiger partial charge >= 0.3 is 0 Å². The van der Waals surface area contributed by atoms with Crippen LogP contribution in [0, 0.1) is 11.8 Å². The molecule has 0 bridgehead atoms. The molecule has 0 aromatic heterocycles. The summed E-state index contributed by atoms with van der Waals surface area (Å²) < 4.78 is 0. The Labute approximate surface area is 94.4 Å². The average molecular weight is 210 g/mol. The minimum absolute atomic E-state index is 0.697. The molecule has 88 valence electrons. The molecule has 0 spiro atoms. The largest absolute Gasteiger partial charge is 0.311 e. The molecule has 0 aromatic rings. The third-order valence-electron chi connectivity index (χ3n) is 4.28. The van der Waals surface area contributed by atoms with Crippen LogP contribution in [0.15, 0.2) is 0 Å². The molecule has 0 aromatic carbocycles. The summed E-state index contributed by atoms with van der Waals surface area (Å²) in [5, 5.41) is 3.67. The van der Waals surface area contributed by atoms with Crippen molar-refractivity contribution in [3.63, 3.8) is 0 Å². The van der Waals surface area contributed by atoms with E-state index in [2.05, 4.69) is 37.9 Å². The monoisotopic (exact) mass is 210 g/mol. The lowest BCUT2D eigenvalue weighted by atomic mass is 9.97. The maximum Gasteiger partial charge on any atom is 0.0218 e. The quantitative estimate of drug-likeness (QED) is 0.767. The molecular weight excluding hydrogens is 184 g/mol. The standard InChI is InChI=1S/C13H26N2/c1-9(2)13-8-15(10(3)7-14-13)11(4)12-5-6-12/h9-14H,5-8H2,1-4H3. The molecule has 0 amide bonds. The van der Waals surface area contributed by atoms with Crippen molar-refractivity contribution >= 4 is 0 Å². The second kappa shape index (κ2) is 4.42. The van der Waals surface area contributed by atoms with Crippen molar-refractivity contribution < 1.29 is 0 Å². The highest BCUT2D eigenvalue weighted by Gasteiger charge is 2.37. The summed E-state index contributed by atoms with van der Waals surface area (Å²) in [6.45, 7) is 11.9. The van der Waals surface area contributed by atoms with Crippen molar-refractivity contribution in [1.82, 2.24) is 10.2 Å². The lowest BCUT2D eigenvalue weighted by molar-refractivity contribution is 0.0758. The summed E-state index contributed by atoms with van der Waals surface area (Å²) in [6, 6.07) is 2.22. The molecule has 2 nitrogen and oxygen atoms in total. The smallest absolute Gasteiger partial charge is 0.0218 e. The lowest BCUT2D eigenvalue weighted by Gasteiger charge is -2.43. The van der Waals surface area contributed by atoms with E-state index in [-0.39, 0.29) is 0 Å². The van der Waals surface area contributed by atoms with Crippen LogP contribution in [0.25, 0.3) is 0 Å². The Bertz CT molecular complexity index is 211. The fourth-order valence-electron chi connectivity index (χ4n) is 2.77. The van der Waals surface area contributed by atoms with Gasteiger partial charge in [-0.2, -0.15) is 0 Å². The fourth-order valence-corrected chi connectivity index (χ4v) is 2.77. The first-order valence-corrected chi connectivity index (χ1v) is 6.58. The molecule has 2 rings (SSSR count). The number of rotatable bonds is 3. The maximum atomic E-state index is 3.67. The lowest BCUT2D eigenvalue weighted by Crippen LogP contribution is -2.59. The molecule has 2 aliphatic rings. The van der Waals surface area contributed by atoms with E-state index in [9.17, 15) is 0 Å². The summed E-state index contributed by atoms with van der Waals surface area (Å²) in [5.74, 6) is 1.75. The zero-order valence-corrected chi connectivity index (χ0v) is 10.7. The van der Waals surface area contributed by atoms with Gasteiger partial charge < -0.3 is 5.32 Å². The molecule has 3 atom stereocenters. The number of piperazine rings is 1. The molecule has 1 aliphatic carbocycles. The summed E-state index contributed by atoms with van der Waals surface area (Å²) >= 11 is 0. The van der Waals surface area contributed by atoms with Gasteiger partial charge in [-0.25, -0.2) is 0 Å². The van der Waals surface area contributed by atoms with Gasteiger partial charge in [-0.15, -0.1) is 0 Å². The Hall–Kier alpha value is -0.0800. The van der Waals surface area contributed by atoms with E-state index in [4.69, 9.17) is 0 Å². The Kier molecular flexibility index (Phi) is 3.36. The van der Waals surface area contributed by atoms with Gasteiger partial charge in [0.15, 0.2) is 0 Å². The van der Waals surface area contributed by atoms with Crippen LogP contribution in [0.1, 0.15) is 40.5 Å². The van der Waals surface area contributed by atoms with Gasteiger partial charge in [0, 0.05) is 31.2 Å². The Balaban J connectivity index is 1.95. The van der Waals surface area contributed by atoms with Gasteiger partial charge in [0.2, 0.25) is 0 Å². The van der Waals surface area contributed by atoms with Crippen molar-refractivity contribution in [3.05, 3.63) is 0 Å². The van der Waals surface area contributed by atoms with Gasteiger partial charge in [-0.05, 0) is 38.5 Å². The van der Waals surface area contributed by atoms with Crippen molar-refractivity contribution in [3.8, 4) is 0 Å². The number of nitrogens with zero attached hydrogens (tertiary/aromatic N) is 1. The second-order valence-corrected chi connectivity index (χ2v) is 5.88. The SMILES string of the molecule is CC(C)C1CN(C(C)C2CC2)C(C)CN1. The number of hydrogen-bond donors (Lipinski definition) is 1. The Morgan fingerprint density at radius 2 is 1.87 bits per heavy atom. The van der Waals surface area contributed by atoms with Gasteiger partial charge in [-0.3, -0.25) is 4.90 Å². The molecule has 1 saturated carbocycles. The zero-order valence-electron chi connectivity index (χ0n) is 10.7. The number of hydrogen-bond acceptors (Lipinski definition) is 2. The molecule has 1 N–H and O–H groups in total. The highest BCUT2D eigenvalue weighted by atomic mass is 15.3. The van der Waals surface area contributed by atoms with E-state index in [0.717, 1.165) is 23.9 Å². The maximum absolute atomic E-state index is 3.67. The van der Waals surface area contributed by atoms with E-state index < -0.39 is 0 Å². The predicted molar refractivity (Wildman–Crippen MR) is 65.0 cm³/mol. The van der Waals surface area contributed by atoms with Gasteiger partial charge in [-0.1, -0.05) is 13.8 Å². The van der Waals surface area contributed by atoms with E-state index >= 15 is 0 Å². The van der Waals surface area contributed by atoms with Crippen LogP contribution in [0.4, 0.5) is 0 Å². The first kappa shape index (κ1) is 11.4. The molecule has 3 unspecified atom stereocenters. The van der Waals surface area contributed by atoms with E-state index in [1.54, 1.807) is 0 Å². The zero-order chi connectivity index (χ0) is 11.0. The van der Waals surface area contributed by atoms with E-state index in [1.807, 2.05) is 0 Å². The van der Waals surface area contributed by atoms with Gasteiger partial charge in [0.05, 0.1) is 0 Å². The Morgan fingerprint density at radius 1 is 1.20 bits per heavy atom. The van der Waals surface area contributed by atoms with Gasteiger partial charge in [0.1, 0.15) is 0 Å². The topological polar surface area (TPSA) is 15.3 Å². The molecule has 1 saturated heterocycles. The minimum atomic E-state index is 0.697. The first-order chi connectivity index (χ1) is 7.09. The summed E-state index contributed by atoms with van der Waals surface area (Å²) in [4.78, 5) is 2.73. The number of nitrogens with one attached hydrogen (secondary N) is 1. The Morgan fingerprint density at radius 3 is 2.40 bits per heavy atom. The van der Waals surface area contributed by atoms with Crippen LogP contribution < -0.4 is 5.32 Å². The molecule has 1 heterocycles. The highest BCUT2D eigenvalue weighted by molar-refractivity contribution is 4.93. The van der Waals surface area contributed by atoms with Crippen molar-refractivity contribution in [2.45, 2.75) is 58.7 Å². The van der Waals surface area contributed by atoms with Crippen LogP contribution in [0.5, 0.6) is 0 Å². The predicted octanol–water partition coefficient (Wildman–Crippen LogP) is 2.10. The van der Waals surface area contributed by atoms with Crippen LogP contribution in [0.2, 0.25) is 0 Å². The average Bonchev–Trinajstić information content (AvgIpc) is 3.00. The van der Waals surface area contributed by atoms with Crippen molar-refractivity contribution in [1.29, 1.82) is 0 Å². The molecular formula is C13H26N2. The minimum Gasteiger partial charge on any atom is -0.311 e. The van der Waals surface area contributed by atoms with Gasteiger partial charge in [0.25, 0.3) is 0 Å². The van der Waals surface area contributed by atoms with Crippen LogP contribution in [-0.4, -0.2) is 36.1 Å². The molecule has 15 heavy (non-hydrogen) atoms. The van der Waals surface area contributed by atoms with Crippen molar-refractivity contribution in [2.75, 3.05) is 13.1 Å². The van der Waals surface area contributed by atoms with E-state index in [1.165, 1.54) is 25.9 Å². The van der Waals surface area contributed by atoms with E-state index in [0.29, 0.717) is 6.04 Å². The molecule has 2 fully saturated rings. The third-order valence-corrected chi connectivity index (χ3v) is 4.28. The third kappa shape index (κ3) is 2.54. The van der Waals surface area contributed by atoms with Crippen LogP contribution in [0.3, 0.4) is 0 Å². The fraction of sp³-hybridized carbons (Fsp3) is 1.00. The van der Waals surface area contributed by atoms with Crippen molar-refractivity contribution in [2.24, 2.45) is 11.8 Å². The summed E-state index contributed by atoms with van der Waals surface area (Å²) in [7, 11) is 0. The van der Waals surface area contributed by atoms with Crippen LogP contribution >= 0.6 is 0 Å². The molecule has 0 radical (unpaired) electrons.